The van der Waals surface area contributed by atoms with E-state index in [1.807, 2.05) is 0 Å². The van der Waals surface area contributed by atoms with Gasteiger partial charge in [-0.05, 0) is 24.2 Å². The molecule has 6 atom stereocenters. The number of carbonyl (C=O) groups excluding carboxylic acids is 1. The third kappa shape index (κ3) is 0.591. The van der Waals surface area contributed by atoms with Crippen molar-refractivity contribution in [3.05, 3.63) is 0 Å². The van der Waals surface area contributed by atoms with Crippen LogP contribution in [-0.2, 0) is 9.53 Å². The van der Waals surface area contributed by atoms with E-state index >= 15 is 0 Å². The Morgan fingerprint density at radius 1 is 1.33 bits per heavy atom. The van der Waals surface area contributed by atoms with E-state index in [2.05, 4.69) is 0 Å². The maximum atomic E-state index is 10.8. The summed E-state index contributed by atoms with van der Waals surface area (Å²) in [5.74, 6) is 1.16. The second-order valence-corrected chi connectivity index (χ2v) is 4.23. The highest BCUT2D eigenvalue weighted by atomic mass is 16.5. The van der Waals surface area contributed by atoms with Crippen LogP contribution in [-0.4, -0.2) is 30.2 Å². The highest BCUT2D eigenvalue weighted by molar-refractivity contribution is 5.57. The first-order valence-electron chi connectivity index (χ1n) is 4.58. The number of aldehydes is 1. The fourth-order valence-corrected chi connectivity index (χ4v) is 3.37. The molecule has 0 aromatic carbocycles. The molecule has 2 aliphatic carbocycles. The van der Waals surface area contributed by atoms with E-state index in [0.29, 0.717) is 18.4 Å². The van der Waals surface area contributed by atoms with Crippen molar-refractivity contribution in [3.8, 4) is 0 Å². The Morgan fingerprint density at radius 3 is 2.92 bits per heavy atom. The normalized spacial score (nSPS) is 61.1. The Morgan fingerprint density at radius 2 is 2.17 bits per heavy atom. The average molecular weight is 168 g/mol. The first kappa shape index (κ1) is 7.04. The van der Waals surface area contributed by atoms with Gasteiger partial charge in [-0.3, -0.25) is 0 Å². The molecule has 0 radical (unpaired) electrons. The van der Waals surface area contributed by atoms with Gasteiger partial charge < -0.3 is 14.6 Å². The van der Waals surface area contributed by atoms with Gasteiger partial charge in [0.25, 0.3) is 0 Å². The van der Waals surface area contributed by atoms with Gasteiger partial charge in [-0.1, -0.05) is 0 Å². The van der Waals surface area contributed by atoms with Crippen LogP contribution in [0.2, 0.25) is 0 Å². The van der Waals surface area contributed by atoms with Gasteiger partial charge >= 0.3 is 0 Å². The summed E-state index contributed by atoms with van der Waals surface area (Å²) < 4.78 is 5.47. The largest absolute Gasteiger partial charge is 0.390 e. The molecule has 2 saturated carbocycles. The molecule has 6 unspecified atom stereocenters. The molecule has 3 fully saturated rings. The van der Waals surface area contributed by atoms with Crippen LogP contribution in [0.1, 0.15) is 6.42 Å². The Bertz CT molecular complexity index is 228. The van der Waals surface area contributed by atoms with Crippen LogP contribution in [0.4, 0.5) is 0 Å². The van der Waals surface area contributed by atoms with Crippen LogP contribution >= 0.6 is 0 Å². The summed E-state index contributed by atoms with van der Waals surface area (Å²) in [4.78, 5) is 10.8. The molecule has 1 N–H and O–H groups in total. The topological polar surface area (TPSA) is 46.5 Å². The van der Waals surface area contributed by atoms with E-state index in [0.717, 1.165) is 12.7 Å². The van der Waals surface area contributed by atoms with E-state index in [-0.39, 0.29) is 24.0 Å². The molecular weight excluding hydrogens is 156 g/mol. The van der Waals surface area contributed by atoms with Gasteiger partial charge in [0.1, 0.15) is 6.29 Å². The summed E-state index contributed by atoms with van der Waals surface area (Å²) in [6, 6.07) is 0. The van der Waals surface area contributed by atoms with E-state index in [1.165, 1.54) is 0 Å². The van der Waals surface area contributed by atoms with Crippen LogP contribution in [0.3, 0.4) is 0 Å². The summed E-state index contributed by atoms with van der Waals surface area (Å²) in [6.45, 7) is 0.687. The Hall–Kier alpha value is -0.410. The molecule has 1 saturated heterocycles. The molecule has 3 aliphatic rings. The fraction of sp³-hybridized carbons (Fsp3) is 0.889. The van der Waals surface area contributed by atoms with Crippen molar-refractivity contribution in [1.29, 1.82) is 0 Å². The minimum absolute atomic E-state index is 0.0520. The molecule has 2 bridgehead atoms. The summed E-state index contributed by atoms with van der Waals surface area (Å²) in [5, 5.41) is 9.72. The van der Waals surface area contributed by atoms with Gasteiger partial charge in [-0.2, -0.15) is 0 Å². The minimum Gasteiger partial charge on any atom is -0.390 e. The van der Waals surface area contributed by atoms with Crippen LogP contribution in [0, 0.1) is 23.7 Å². The fourth-order valence-electron chi connectivity index (χ4n) is 3.37. The van der Waals surface area contributed by atoms with Gasteiger partial charge in [0, 0.05) is 5.92 Å². The molecule has 66 valence electrons. The molecule has 0 spiro atoms. The van der Waals surface area contributed by atoms with Crippen molar-refractivity contribution < 1.29 is 14.6 Å². The highest BCUT2D eigenvalue weighted by Gasteiger charge is 2.61. The monoisotopic (exact) mass is 168 g/mol. The van der Waals surface area contributed by atoms with Crippen LogP contribution in [0.15, 0.2) is 0 Å². The van der Waals surface area contributed by atoms with Crippen molar-refractivity contribution in [2.24, 2.45) is 23.7 Å². The third-order valence-electron chi connectivity index (χ3n) is 3.92. The minimum atomic E-state index is -0.371. The molecule has 0 amide bonds. The molecule has 3 heteroatoms. The molecule has 1 heterocycles. The molecule has 0 aromatic rings. The number of fused-ring (bicyclic) bond motifs is 1. The second kappa shape index (κ2) is 2.09. The van der Waals surface area contributed by atoms with Gasteiger partial charge in [-0.25, -0.2) is 0 Å². The predicted molar refractivity (Wildman–Crippen MR) is 40.4 cm³/mol. The van der Waals surface area contributed by atoms with Crippen molar-refractivity contribution in [1.82, 2.24) is 0 Å². The zero-order valence-corrected chi connectivity index (χ0v) is 6.72. The van der Waals surface area contributed by atoms with E-state index < -0.39 is 0 Å². The lowest BCUT2D eigenvalue weighted by molar-refractivity contribution is -0.115. The first-order valence-corrected chi connectivity index (χ1v) is 4.58. The van der Waals surface area contributed by atoms with E-state index in [4.69, 9.17) is 4.74 Å². The standard InChI is InChI=1S/C9H12O3/c10-2-6-4-1-5-7(6)3-12-9(5)8(4)11/h2,4-9,11H,1,3H2. The highest BCUT2D eigenvalue weighted by Crippen LogP contribution is 2.56. The van der Waals surface area contributed by atoms with Crippen LogP contribution < -0.4 is 0 Å². The lowest BCUT2D eigenvalue weighted by atomic mass is 9.80. The lowest BCUT2D eigenvalue weighted by Crippen LogP contribution is -2.37. The Kier molecular flexibility index (Phi) is 1.23. The third-order valence-corrected chi connectivity index (χ3v) is 3.92. The predicted octanol–water partition coefficient (Wildman–Crippen LogP) is -0.173. The zero-order valence-electron chi connectivity index (χ0n) is 6.72. The number of ether oxygens (including phenoxy) is 1. The Balaban J connectivity index is 2.00. The quantitative estimate of drug-likeness (QED) is 0.553. The molecule has 0 aromatic heterocycles. The van der Waals surface area contributed by atoms with E-state index in [1.54, 1.807) is 0 Å². The summed E-state index contributed by atoms with van der Waals surface area (Å²) in [7, 11) is 0. The number of hydrogen-bond donors (Lipinski definition) is 1. The SMILES string of the molecule is O=CC1C2CC3C1COC3C2O. The van der Waals surface area contributed by atoms with E-state index in [9.17, 15) is 9.90 Å². The number of hydrogen-bond acceptors (Lipinski definition) is 3. The van der Waals surface area contributed by atoms with Crippen molar-refractivity contribution >= 4 is 6.29 Å². The number of carbonyl (C=O) groups is 1. The van der Waals surface area contributed by atoms with Gasteiger partial charge in [0.15, 0.2) is 0 Å². The Labute approximate surface area is 70.7 Å². The van der Waals surface area contributed by atoms with Gasteiger partial charge in [-0.15, -0.1) is 0 Å². The average Bonchev–Trinajstić information content (AvgIpc) is 2.62. The molecule has 1 aliphatic heterocycles. The van der Waals surface area contributed by atoms with Gasteiger partial charge in [0.2, 0.25) is 0 Å². The second-order valence-electron chi connectivity index (χ2n) is 4.23. The molecular formula is C9H12O3. The van der Waals surface area contributed by atoms with Crippen molar-refractivity contribution in [2.45, 2.75) is 18.6 Å². The summed E-state index contributed by atoms with van der Waals surface area (Å²) in [5.41, 5.74) is 0. The lowest BCUT2D eigenvalue weighted by Gasteiger charge is -2.26. The number of rotatable bonds is 1. The summed E-state index contributed by atoms with van der Waals surface area (Å²) >= 11 is 0. The smallest absolute Gasteiger partial charge is 0.123 e. The van der Waals surface area contributed by atoms with Crippen LogP contribution in [0.25, 0.3) is 0 Å². The maximum Gasteiger partial charge on any atom is 0.123 e. The summed E-state index contributed by atoms with van der Waals surface area (Å²) in [6.07, 6.45) is 1.70. The van der Waals surface area contributed by atoms with Crippen molar-refractivity contribution in [2.75, 3.05) is 6.61 Å². The molecule has 3 rings (SSSR count). The van der Waals surface area contributed by atoms with Gasteiger partial charge in [0.05, 0.1) is 18.8 Å². The zero-order chi connectivity index (χ0) is 8.29. The first-order chi connectivity index (χ1) is 5.83. The number of aliphatic hydroxyl groups excluding tert-OH is 1. The number of aliphatic hydroxyl groups is 1. The maximum absolute atomic E-state index is 10.8. The molecule has 3 nitrogen and oxygen atoms in total. The van der Waals surface area contributed by atoms with Crippen molar-refractivity contribution in [3.63, 3.8) is 0 Å². The molecule has 12 heavy (non-hydrogen) atoms. The van der Waals surface area contributed by atoms with Crippen LogP contribution in [0.5, 0.6) is 0 Å².